The molecule has 0 unspecified atom stereocenters. The minimum atomic E-state index is -0.493. The number of nitrogens with zero attached hydrogens (tertiary/aromatic N) is 1. The van der Waals surface area contributed by atoms with Crippen molar-refractivity contribution < 1.29 is 9.59 Å². The number of fused-ring (bicyclic) bond motifs is 1. The Labute approximate surface area is 140 Å². The van der Waals surface area contributed by atoms with Crippen LogP contribution in [0.15, 0.2) is 41.8 Å². The molecule has 1 aromatic heterocycles. The van der Waals surface area contributed by atoms with Gasteiger partial charge >= 0.3 is 0 Å². The van der Waals surface area contributed by atoms with Crippen LogP contribution in [0.2, 0.25) is 0 Å². The van der Waals surface area contributed by atoms with Crippen molar-refractivity contribution >= 4 is 23.2 Å². The van der Waals surface area contributed by atoms with Gasteiger partial charge in [-0.2, -0.15) is 0 Å². The van der Waals surface area contributed by atoms with Crippen molar-refractivity contribution in [3.8, 4) is 0 Å². The third-order valence-corrected chi connectivity index (χ3v) is 4.98. The van der Waals surface area contributed by atoms with Crippen molar-refractivity contribution in [2.24, 2.45) is 0 Å². The summed E-state index contributed by atoms with van der Waals surface area (Å²) >= 11 is 1.55. The van der Waals surface area contributed by atoms with Crippen LogP contribution in [0.5, 0.6) is 0 Å². The van der Waals surface area contributed by atoms with Crippen molar-refractivity contribution in [1.82, 2.24) is 10.2 Å². The minimum absolute atomic E-state index is 0.0148. The number of rotatable bonds is 4. The van der Waals surface area contributed by atoms with E-state index in [2.05, 4.69) is 17.4 Å². The smallest absolute Gasteiger partial charge is 0.245 e. The highest BCUT2D eigenvalue weighted by Crippen LogP contribution is 2.19. The Morgan fingerprint density at radius 2 is 2.00 bits per heavy atom. The van der Waals surface area contributed by atoms with Gasteiger partial charge in [-0.05, 0) is 35.9 Å². The molecule has 4 nitrogen and oxygen atoms in total. The van der Waals surface area contributed by atoms with E-state index in [1.165, 1.54) is 11.1 Å². The van der Waals surface area contributed by atoms with E-state index in [0.717, 1.165) is 11.3 Å². The summed E-state index contributed by atoms with van der Waals surface area (Å²) in [5.74, 6) is -0.121. The number of nitrogens with one attached hydrogen (secondary N) is 1. The maximum Gasteiger partial charge on any atom is 0.245 e. The van der Waals surface area contributed by atoms with E-state index in [1.807, 2.05) is 34.5 Å². The molecule has 1 aliphatic heterocycles. The Kier molecular flexibility index (Phi) is 4.76. The molecule has 0 radical (unpaired) electrons. The SMILES string of the molecule is C[C@H](NC(=O)Cc1cccs1)C(=O)N1CCc2ccccc2C1. The molecule has 1 atom stereocenters. The lowest BCUT2D eigenvalue weighted by Crippen LogP contribution is -2.48. The lowest BCUT2D eigenvalue weighted by atomic mass is 9.99. The van der Waals surface area contributed by atoms with Crippen LogP contribution < -0.4 is 5.32 Å². The van der Waals surface area contributed by atoms with Gasteiger partial charge in [-0.3, -0.25) is 9.59 Å². The van der Waals surface area contributed by atoms with E-state index in [1.54, 1.807) is 18.3 Å². The highest BCUT2D eigenvalue weighted by atomic mass is 32.1. The summed E-state index contributed by atoms with van der Waals surface area (Å²) in [6.07, 6.45) is 1.20. The molecule has 2 aromatic rings. The molecule has 0 bridgehead atoms. The van der Waals surface area contributed by atoms with Crippen molar-refractivity contribution in [3.05, 3.63) is 57.8 Å². The predicted molar refractivity (Wildman–Crippen MR) is 91.2 cm³/mol. The number of amides is 2. The molecule has 2 heterocycles. The van der Waals surface area contributed by atoms with Crippen LogP contribution in [0.3, 0.4) is 0 Å². The fourth-order valence-electron chi connectivity index (χ4n) is 2.88. The summed E-state index contributed by atoms with van der Waals surface area (Å²) in [4.78, 5) is 27.4. The molecule has 1 aromatic carbocycles. The zero-order chi connectivity index (χ0) is 16.2. The first-order valence-electron chi connectivity index (χ1n) is 7.81. The summed E-state index contributed by atoms with van der Waals surface area (Å²) < 4.78 is 0. The molecule has 1 N–H and O–H groups in total. The van der Waals surface area contributed by atoms with Crippen LogP contribution in [0.25, 0.3) is 0 Å². The zero-order valence-electron chi connectivity index (χ0n) is 13.1. The first-order chi connectivity index (χ1) is 11.1. The highest BCUT2D eigenvalue weighted by Gasteiger charge is 2.25. The molecule has 1 aliphatic rings. The third-order valence-electron chi connectivity index (χ3n) is 4.11. The minimum Gasteiger partial charge on any atom is -0.344 e. The second-order valence-electron chi connectivity index (χ2n) is 5.82. The van der Waals surface area contributed by atoms with Crippen molar-refractivity contribution in [2.45, 2.75) is 32.4 Å². The molecular weight excluding hydrogens is 308 g/mol. The maximum absolute atomic E-state index is 12.6. The van der Waals surface area contributed by atoms with Gasteiger partial charge in [0.1, 0.15) is 6.04 Å². The zero-order valence-corrected chi connectivity index (χ0v) is 13.9. The molecule has 0 aliphatic carbocycles. The largest absolute Gasteiger partial charge is 0.344 e. The lowest BCUT2D eigenvalue weighted by molar-refractivity contribution is -0.136. The standard InChI is InChI=1S/C18H20N2O2S/c1-13(19-17(21)11-16-7-4-10-23-16)18(22)20-9-8-14-5-2-3-6-15(14)12-20/h2-7,10,13H,8-9,11-12H2,1H3,(H,19,21)/t13-/m0/s1. The Morgan fingerprint density at radius 3 is 2.74 bits per heavy atom. The lowest BCUT2D eigenvalue weighted by Gasteiger charge is -2.31. The maximum atomic E-state index is 12.6. The molecular formula is C18H20N2O2S. The fourth-order valence-corrected chi connectivity index (χ4v) is 3.59. The van der Waals surface area contributed by atoms with Crippen molar-refractivity contribution in [3.63, 3.8) is 0 Å². The van der Waals surface area contributed by atoms with Gasteiger partial charge < -0.3 is 10.2 Å². The van der Waals surface area contributed by atoms with Gasteiger partial charge in [0.25, 0.3) is 0 Å². The first kappa shape index (κ1) is 15.7. The predicted octanol–water partition coefficient (Wildman–Crippen LogP) is 2.38. The molecule has 120 valence electrons. The Bertz CT molecular complexity index is 697. The van der Waals surface area contributed by atoms with Gasteiger partial charge in [0, 0.05) is 18.0 Å². The molecule has 0 saturated carbocycles. The first-order valence-corrected chi connectivity index (χ1v) is 8.69. The molecule has 0 spiro atoms. The Balaban J connectivity index is 1.56. The summed E-state index contributed by atoms with van der Waals surface area (Å²) in [6, 6.07) is 11.6. The molecule has 5 heteroatoms. The Hall–Kier alpha value is -2.14. The average molecular weight is 328 g/mol. The van der Waals surface area contributed by atoms with Crippen molar-refractivity contribution in [2.75, 3.05) is 6.54 Å². The molecule has 3 rings (SSSR count). The van der Waals surface area contributed by atoms with Crippen LogP contribution in [0.1, 0.15) is 22.9 Å². The highest BCUT2D eigenvalue weighted by molar-refractivity contribution is 7.10. The van der Waals surface area contributed by atoms with E-state index in [0.29, 0.717) is 19.5 Å². The number of benzene rings is 1. The topological polar surface area (TPSA) is 49.4 Å². The summed E-state index contributed by atoms with van der Waals surface area (Å²) in [5.41, 5.74) is 2.51. The van der Waals surface area contributed by atoms with E-state index in [-0.39, 0.29) is 11.8 Å². The fraction of sp³-hybridized carbons (Fsp3) is 0.333. The van der Waals surface area contributed by atoms with Gasteiger partial charge in [-0.1, -0.05) is 30.3 Å². The normalized spacial score (nSPS) is 14.9. The number of thiophene rings is 1. The summed E-state index contributed by atoms with van der Waals surface area (Å²) in [6.45, 7) is 3.09. The van der Waals surface area contributed by atoms with E-state index in [4.69, 9.17) is 0 Å². The second-order valence-corrected chi connectivity index (χ2v) is 6.86. The summed E-state index contributed by atoms with van der Waals surface area (Å²) in [7, 11) is 0. The van der Waals surface area contributed by atoms with Gasteiger partial charge in [-0.25, -0.2) is 0 Å². The Morgan fingerprint density at radius 1 is 1.22 bits per heavy atom. The average Bonchev–Trinajstić information content (AvgIpc) is 3.06. The number of hydrogen-bond donors (Lipinski definition) is 1. The molecule has 0 fully saturated rings. The van der Waals surface area contributed by atoms with Crippen molar-refractivity contribution in [1.29, 1.82) is 0 Å². The quantitative estimate of drug-likeness (QED) is 0.937. The van der Waals surface area contributed by atoms with Crippen LogP contribution >= 0.6 is 11.3 Å². The van der Waals surface area contributed by atoms with Gasteiger partial charge in [0.2, 0.25) is 11.8 Å². The van der Waals surface area contributed by atoms with Crippen LogP contribution in [-0.4, -0.2) is 29.3 Å². The molecule has 2 amide bonds. The van der Waals surface area contributed by atoms with Gasteiger partial charge in [0.05, 0.1) is 6.42 Å². The number of carbonyl (C=O) groups excluding carboxylic acids is 2. The van der Waals surface area contributed by atoms with Crippen LogP contribution in [-0.2, 0) is 29.0 Å². The van der Waals surface area contributed by atoms with Crippen LogP contribution in [0, 0.1) is 0 Å². The van der Waals surface area contributed by atoms with E-state index >= 15 is 0 Å². The van der Waals surface area contributed by atoms with E-state index in [9.17, 15) is 9.59 Å². The van der Waals surface area contributed by atoms with Gasteiger partial charge in [0.15, 0.2) is 0 Å². The molecule has 23 heavy (non-hydrogen) atoms. The van der Waals surface area contributed by atoms with Gasteiger partial charge in [-0.15, -0.1) is 11.3 Å². The monoisotopic (exact) mass is 328 g/mol. The van der Waals surface area contributed by atoms with Crippen LogP contribution in [0.4, 0.5) is 0 Å². The third kappa shape index (κ3) is 3.79. The van der Waals surface area contributed by atoms with E-state index < -0.39 is 6.04 Å². The summed E-state index contributed by atoms with van der Waals surface area (Å²) in [5, 5.41) is 4.76. The number of carbonyl (C=O) groups is 2. The molecule has 0 saturated heterocycles. The second kappa shape index (κ2) is 6.96. The number of hydrogen-bond acceptors (Lipinski definition) is 3.